The zero-order valence-electron chi connectivity index (χ0n) is 11.9. The minimum Gasteiger partial charge on any atom is -0.465 e. The summed E-state index contributed by atoms with van der Waals surface area (Å²) in [5, 5.41) is 22.5. The van der Waals surface area contributed by atoms with Crippen LogP contribution in [0.3, 0.4) is 0 Å². The molecule has 1 aromatic heterocycles. The average Bonchev–Trinajstić information content (AvgIpc) is 2.45. The van der Waals surface area contributed by atoms with E-state index in [4.69, 9.17) is 5.73 Å². The molecule has 0 aliphatic rings. The van der Waals surface area contributed by atoms with Crippen molar-refractivity contribution in [1.82, 2.24) is 10.3 Å². The number of nitrogen functional groups attached to an aromatic ring is 1. The number of aromatic nitrogens is 1. The number of esters is 1. The van der Waals surface area contributed by atoms with Gasteiger partial charge in [-0.2, -0.15) is 0 Å². The predicted octanol–water partition coefficient (Wildman–Crippen LogP) is -0.629. The van der Waals surface area contributed by atoms with Crippen LogP contribution in [0.4, 0.5) is 5.82 Å². The van der Waals surface area contributed by atoms with Gasteiger partial charge in [-0.15, -0.1) is 0 Å². The number of anilines is 1. The van der Waals surface area contributed by atoms with Crippen LogP contribution < -0.4 is 11.1 Å². The van der Waals surface area contributed by atoms with Crippen molar-refractivity contribution in [1.29, 1.82) is 0 Å². The fraction of sp³-hybridized carbons (Fsp3) is 0.462. The summed E-state index contributed by atoms with van der Waals surface area (Å²) in [6.07, 6.45) is -1.13. The molecule has 8 heteroatoms. The Hall–Kier alpha value is -2.19. The summed E-state index contributed by atoms with van der Waals surface area (Å²) >= 11 is 0. The van der Waals surface area contributed by atoms with E-state index in [0.29, 0.717) is 0 Å². The number of hydrogen-bond donors (Lipinski definition) is 4. The number of rotatable bonds is 6. The van der Waals surface area contributed by atoms with Crippen molar-refractivity contribution in [3.8, 4) is 0 Å². The number of amides is 1. The van der Waals surface area contributed by atoms with Crippen molar-refractivity contribution in [2.75, 3.05) is 19.4 Å². The zero-order chi connectivity index (χ0) is 16.0. The molecule has 0 saturated heterocycles. The van der Waals surface area contributed by atoms with Crippen LogP contribution in [0, 0.1) is 0 Å². The highest BCUT2D eigenvalue weighted by Crippen LogP contribution is 2.24. The molecule has 1 aromatic rings. The second-order valence-corrected chi connectivity index (χ2v) is 4.47. The first-order valence-electron chi connectivity index (χ1n) is 6.31. The molecule has 0 fully saturated rings. The van der Waals surface area contributed by atoms with E-state index >= 15 is 0 Å². The lowest BCUT2D eigenvalue weighted by Gasteiger charge is -2.19. The summed E-state index contributed by atoms with van der Waals surface area (Å²) in [5.41, 5.74) is 5.90. The van der Waals surface area contributed by atoms with Gasteiger partial charge in [-0.25, -0.2) is 9.78 Å². The first-order valence-corrected chi connectivity index (χ1v) is 6.31. The summed E-state index contributed by atoms with van der Waals surface area (Å²) in [6, 6.07) is 1.32. The Morgan fingerprint density at radius 2 is 2.14 bits per heavy atom. The van der Waals surface area contributed by atoms with Crippen LogP contribution in [-0.2, 0) is 9.53 Å². The van der Waals surface area contributed by atoms with Crippen molar-refractivity contribution in [2.24, 2.45) is 0 Å². The van der Waals surface area contributed by atoms with Crippen LogP contribution in [0.2, 0.25) is 0 Å². The number of carbonyl (C=O) groups excluding carboxylic acids is 2. The maximum Gasteiger partial charge on any atom is 0.339 e. The first kappa shape index (κ1) is 16.9. The van der Waals surface area contributed by atoms with Gasteiger partial charge in [-0.1, -0.05) is 0 Å². The van der Waals surface area contributed by atoms with Crippen LogP contribution in [0.1, 0.15) is 35.4 Å². The van der Waals surface area contributed by atoms with Crippen LogP contribution in [-0.4, -0.2) is 46.8 Å². The first-order chi connectivity index (χ1) is 9.86. The van der Waals surface area contributed by atoms with Crippen LogP contribution >= 0.6 is 0 Å². The van der Waals surface area contributed by atoms with E-state index < -0.39 is 18.2 Å². The van der Waals surface area contributed by atoms with Crippen molar-refractivity contribution >= 4 is 17.7 Å². The number of nitrogens with zero attached hydrogens (tertiary/aromatic N) is 1. The van der Waals surface area contributed by atoms with Gasteiger partial charge in [-0.3, -0.25) is 4.79 Å². The maximum atomic E-state index is 11.4. The molecule has 1 heterocycles. The van der Waals surface area contributed by atoms with Gasteiger partial charge in [0.15, 0.2) is 0 Å². The molecule has 21 heavy (non-hydrogen) atoms. The monoisotopic (exact) mass is 297 g/mol. The van der Waals surface area contributed by atoms with E-state index in [1.54, 1.807) is 0 Å². The third kappa shape index (κ3) is 4.69. The van der Waals surface area contributed by atoms with E-state index in [9.17, 15) is 19.8 Å². The fourth-order valence-corrected chi connectivity index (χ4v) is 1.72. The number of nitrogens with two attached hydrogens (primary N) is 1. The van der Waals surface area contributed by atoms with E-state index in [2.05, 4.69) is 15.0 Å². The lowest BCUT2D eigenvalue weighted by Crippen LogP contribution is -2.28. The molecule has 1 rings (SSSR count). The zero-order valence-corrected chi connectivity index (χ0v) is 11.9. The number of aliphatic hydroxyl groups is 2. The van der Waals surface area contributed by atoms with Crippen molar-refractivity contribution in [3.05, 3.63) is 23.4 Å². The molecule has 2 atom stereocenters. The molecule has 0 bridgehead atoms. The number of carbonyl (C=O) groups is 2. The summed E-state index contributed by atoms with van der Waals surface area (Å²) in [4.78, 5) is 26.0. The Morgan fingerprint density at radius 3 is 2.71 bits per heavy atom. The fourth-order valence-electron chi connectivity index (χ4n) is 1.72. The van der Waals surface area contributed by atoms with Crippen molar-refractivity contribution in [3.63, 3.8) is 0 Å². The van der Waals surface area contributed by atoms with E-state index in [1.807, 2.05) is 0 Å². The number of methoxy groups -OCH3 is 1. The molecule has 116 valence electrons. The maximum absolute atomic E-state index is 11.4. The Morgan fingerprint density at radius 1 is 1.48 bits per heavy atom. The average molecular weight is 297 g/mol. The highest BCUT2D eigenvalue weighted by molar-refractivity contribution is 5.89. The quantitative estimate of drug-likeness (QED) is 0.513. The van der Waals surface area contributed by atoms with Crippen molar-refractivity contribution < 1.29 is 24.5 Å². The van der Waals surface area contributed by atoms with Crippen LogP contribution in [0.15, 0.2) is 12.3 Å². The lowest BCUT2D eigenvalue weighted by molar-refractivity contribution is -0.119. The molecule has 0 aromatic carbocycles. The molecule has 5 N–H and O–H groups in total. The van der Waals surface area contributed by atoms with E-state index in [0.717, 1.165) is 0 Å². The van der Waals surface area contributed by atoms with Gasteiger partial charge in [0.1, 0.15) is 11.9 Å². The molecule has 0 saturated carbocycles. The normalized spacial score (nSPS) is 13.3. The highest BCUT2D eigenvalue weighted by Gasteiger charge is 2.22. The predicted molar refractivity (Wildman–Crippen MR) is 74.3 cm³/mol. The van der Waals surface area contributed by atoms with Gasteiger partial charge >= 0.3 is 5.97 Å². The van der Waals surface area contributed by atoms with Gasteiger partial charge in [0.25, 0.3) is 0 Å². The van der Waals surface area contributed by atoms with Gasteiger partial charge in [-0.05, 0) is 12.5 Å². The molecule has 0 aliphatic heterocycles. The van der Waals surface area contributed by atoms with Gasteiger partial charge < -0.3 is 26.0 Å². The molecule has 8 nitrogen and oxygen atoms in total. The third-order valence-electron chi connectivity index (χ3n) is 2.87. The number of hydrogen-bond acceptors (Lipinski definition) is 7. The summed E-state index contributed by atoms with van der Waals surface area (Å²) in [7, 11) is 1.22. The second-order valence-electron chi connectivity index (χ2n) is 4.47. The lowest BCUT2D eigenvalue weighted by atomic mass is 10.0. The summed E-state index contributed by atoms with van der Waals surface area (Å²) < 4.78 is 4.55. The number of nitrogens with one attached hydrogen (secondary N) is 1. The third-order valence-corrected chi connectivity index (χ3v) is 2.87. The number of pyridine rings is 1. The Kier molecular flexibility index (Phi) is 6.07. The van der Waals surface area contributed by atoms with Gasteiger partial charge in [0.05, 0.1) is 18.8 Å². The Balaban J connectivity index is 2.82. The number of aliphatic hydroxyl groups excluding tert-OH is 2. The molecule has 0 spiro atoms. The summed E-state index contributed by atoms with van der Waals surface area (Å²) in [6.45, 7) is 1.56. The van der Waals surface area contributed by atoms with Gasteiger partial charge in [0.2, 0.25) is 5.91 Å². The molecular weight excluding hydrogens is 278 g/mol. The molecule has 0 aliphatic carbocycles. The summed E-state index contributed by atoms with van der Waals surface area (Å²) in [5.74, 6) is -0.844. The molecular formula is C13H19N3O5. The topological polar surface area (TPSA) is 135 Å². The van der Waals surface area contributed by atoms with E-state index in [1.165, 1.54) is 26.3 Å². The molecule has 0 radical (unpaired) electrons. The largest absolute Gasteiger partial charge is 0.465 e. The van der Waals surface area contributed by atoms with Gasteiger partial charge in [0, 0.05) is 25.2 Å². The Labute approximate surface area is 121 Å². The molecule has 2 unspecified atom stereocenters. The second kappa shape index (κ2) is 7.55. The van der Waals surface area contributed by atoms with E-state index in [-0.39, 0.29) is 35.8 Å². The minimum atomic E-state index is -1.32. The molecule has 1 amide bonds. The SMILES string of the molecule is COC(=O)c1cnc(N)c(C(O)C(O)CCNC(C)=O)c1. The standard InChI is InChI=1S/C13H19N3O5/c1-7(17)15-4-3-10(18)11(19)9-5-8(13(20)21-2)6-16-12(9)14/h5-6,10-11,18-19H,3-4H2,1-2H3,(H2,14,16)(H,15,17). The highest BCUT2D eigenvalue weighted by atomic mass is 16.5. The van der Waals surface area contributed by atoms with Crippen molar-refractivity contribution in [2.45, 2.75) is 25.6 Å². The number of ether oxygens (including phenoxy) is 1. The van der Waals surface area contributed by atoms with Crippen LogP contribution in [0.5, 0.6) is 0 Å². The smallest absolute Gasteiger partial charge is 0.339 e. The van der Waals surface area contributed by atoms with Crippen LogP contribution in [0.25, 0.3) is 0 Å². The Bertz CT molecular complexity index is 521. The minimum absolute atomic E-state index is 0.00808.